The summed E-state index contributed by atoms with van der Waals surface area (Å²) < 4.78 is 4.94. The molecule has 0 bridgehead atoms. The maximum atomic E-state index is 12.5. The summed E-state index contributed by atoms with van der Waals surface area (Å²) in [6, 6.07) is 16.1. The van der Waals surface area contributed by atoms with Crippen molar-refractivity contribution < 1.29 is 14.3 Å². The molecule has 0 aliphatic rings. The second-order valence-electron chi connectivity index (χ2n) is 6.36. The molecule has 0 saturated heterocycles. The van der Waals surface area contributed by atoms with Crippen molar-refractivity contribution >= 4 is 23.5 Å². The lowest BCUT2D eigenvalue weighted by molar-refractivity contribution is 0.0526. The zero-order chi connectivity index (χ0) is 20.6. The number of carbonyl (C=O) groups is 2. The summed E-state index contributed by atoms with van der Waals surface area (Å²) in [4.78, 5) is 32.6. The smallest absolute Gasteiger partial charge is 0.338 e. The molecule has 0 saturated carbocycles. The molecule has 0 aliphatic heterocycles. The number of benzene rings is 2. The molecule has 0 aliphatic carbocycles. The van der Waals surface area contributed by atoms with Gasteiger partial charge in [0.2, 0.25) is 5.95 Å². The minimum Gasteiger partial charge on any atom is -0.462 e. The van der Waals surface area contributed by atoms with Crippen LogP contribution in [0.15, 0.2) is 60.8 Å². The van der Waals surface area contributed by atoms with E-state index in [2.05, 4.69) is 26.7 Å². The molecule has 3 aromatic rings. The van der Waals surface area contributed by atoms with Crippen LogP contribution in [0, 0.1) is 6.92 Å². The van der Waals surface area contributed by atoms with Gasteiger partial charge in [-0.25, -0.2) is 14.8 Å². The van der Waals surface area contributed by atoms with Crippen LogP contribution in [0.25, 0.3) is 0 Å². The minimum absolute atomic E-state index is 0.237. The van der Waals surface area contributed by atoms with E-state index in [-0.39, 0.29) is 11.6 Å². The number of aryl methyl sites for hydroxylation is 1. The van der Waals surface area contributed by atoms with Crippen molar-refractivity contribution in [1.82, 2.24) is 9.97 Å². The van der Waals surface area contributed by atoms with Gasteiger partial charge in [0.1, 0.15) is 5.69 Å². The molecule has 148 valence electrons. The third kappa shape index (κ3) is 5.62. The summed E-state index contributed by atoms with van der Waals surface area (Å²) in [5.41, 5.74) is 3.49. The predicted octanol–water partition coefficient (Wildman–Crippen LogP) is 3.83. The minimum atomic E-state index is -0.398. The van der Waals surface area contributed by atoms with Gasteiger partial charge in [-0.15, -0.1) is 0 Å². The normalized spacial score (nSPS) is 10.3. The van der Waals surface area contributed by atoms with E-state index in [0.29, 0.717) is 30.4 Å². The standard InChI is InChI=1S/C22H22N4O3/c1-3-29-21(28)17-7-9-18(10-8-17)25-20(27)19-11-12-23-22(26-19)24-14-16-6-4-5-15(2)13-16/h4-13H,3,14H2,1-2H3,(H,25,27)(H,23,24,26). The van der Waals surface area contributed by atoms with Gasteiger partial charge in [0.25, 0.3) is 5.91 Å². The van der Waals surface area contributed by atoms with E-state index in [1.54, 1.807) is 37.3 Å². The van der Waals surface area contributed by atoms with Gasteiger partial charge < -0.3 is 15.4 Å². The number of hydrogen-bond acceptors (Lipinski definition) is 6. The quantitative estimate of drug-likeness (QED) is 0.596. The van der Waals surface area contributed by atoms with Crippen molar-refractivity contribution in [2.75, 3.05) is 17.2 Å². The van der Waals surface area contributed by atoms with Crippen LogP contribution in [0.4, 0.5) is 11.6 Å². The molecule has 2 N–H and O–H groups in total. The molecule has 0 unspecified atom stereocenters. The first kappa shape index (κ1) is 20.0. The Kier molecular flexibility index (Phi) is 6.52. The number of ether oxygens (including phenoxy) is 1. The number of nitrogens with one attached hydrogen (secondary N) is 2. The third-order valence-corrected chi connectivity index (χ3v) is 4.08. The number of rotatable bonds is 7. The SMILES string of the molecule is CCOC(=O)c1ccc(NC(=O)c2ccnc(NCc3cccc(C)c3)n2)cc1. The van der Waals surface area contributed by atoms with E-state index >= 15 is 0 Å². The number of nitrogens with zero attached hydrogens (tertiary/aromatic N) is 2. The fourth-order valence-electron chi connectivity index (χ4n) is 2.67. The molecule has 0 atom stereocenters. The Morgan fingerprint density at radius 2 is 1.86 bits per heavy atom. The number of amides is 1. The van der Waals surface area contributed by atoms with Crippen molar-refractivity contribution in [2.45, 2.75) is 20.4 Å². The number of anilines is 2. The molecule has 29 heavy (non-hydrogen) atoms. The van der Waals surface area contributed by atoms with E-state index in [9.17, 15) is 9.59 Å². The predicted molar refractivity (Wildman–Crippen MR) is 111 cm³/mol. The maximum absolute atomic E-state index is 12.5. The fourth-order valence-corrected chi connectivity index (χ4v) is 2.67. The Bertz CT molecular complexity index is 1000. The fraction of sp³-hybridized carbons (Fsp3) is 0.182. The zero-order valence-electron chi connectivity index (χ0n) is 16.3. The Morgan fingerprint density at radius 3 is 2.59 bits per heavy atom. The highest BCUT2D eigenvalue weighted by molar-refractivity contribution is 6.03. The molecule has 1 heterocycles. The van der Waals surface area contributed by atoms with Crippen LogP contribution in [0.3, 0.4) is 0 Å². The molecule has 3 rings (SSSR count). The van der Waals surface area contributed by atoms with Crippen LogP contribution in [0.5, 0.6) is 0 Å². The summed E-state index contributed by atoms with van der Waals surface area (Å²) in [7, 11) is 0. The van der Waals surface area contributed by atoms with Gasteiger partial charge >= 0.3 is 5.97 Å². The van der Waals surface area contributed by atoms with Crippen molar-refractivity contribution in [3.05, 3.63) is 83.2 Å². The van der Waals surface area contributed by atoms with Crippen molar-refractivity contribution in [3.63, 3.8) is 0 Å². The average Bonchev–Trinajstić information content (AvgIpc) is 2.73. The molecule has 1 aromatic heterocycles. The highest BCUT2D eigenvalue weighted by Crippen LogP contribution is 2.13. The maximum Gasteiger partial charge on any atom is 0.338 e. The molecule has 7 heteroatoms. The lowest BCUT2D eigenvalue weighted by Gasteiger charge is -2.08. The van der Waals surface area contributed by atoms with Crippen LogP contribution in [0.1, 0.15) is 38.9 Å². The van der Waals surface area contributed by atoms with Gasteiger partial charge in [-0.2, -0.15) is 0 Å². The van der Waals surface area contributed by atoms with Crippen molar-refractivity contribution in [3.8, 4) is 0 Å². The first-order valence-electron chi connectivity index (χ1n) is 9.26. The summed E-state index contributed by atoms with van der Waals surface area (Å²) in [6.45, 7) is 4.65. The Labute approximate surface area is 169 Å². The number of aromatic nitrogens is 2. The van der Waals surface area contributed by atoms with Gasteiger partial charge in [-0.05, 0) is 49.7 Å². The number of hydrogen-bond donors (Lipinski definition) is 2. The molecule has 7 nitrogen and oxygen atoms in total. The highest BCUT2D eigenvalue weighted by Gasteiger charge is 2.11. The lowest BCUT2D eigenvalue weighted by Crippen LogP contribution is -2.15. The Balaban J connectivity index is 1.62. The first-order valence-corrected chi connectivity index (χ1v) is 9.26. The molecule has 0 spiro atoms. The summed E-state index contributed by atoms with van der Waals surface area (Å²) in [5, 5.41) is 5.88. The molecular formula is C22H22N4O3. The Morgan fingerprint density at radius 1 is 1.07 bits per heavy atom. The largest absolute Gasteiger partial charge is 0.462 e. The lowest BCUT2D eigenvalue weighted by atomic mass is 10.1. The van der Waals surface area contributed by atoms with Crippen LogP contribution >= 0.6 is 0 Å². The molecular weight excluding hydrogens is 368 g/mol. The van der Waals surface area contributed by atoms with Crippen LogP contribution in [-0.2, 0) is 11.3 Å². The van der Waals surface area contributed by atoms with Gasteiger partial charge in [0, 0.05) is 18.4 Å². The number of esters is 1. The molecule has 0 radical (unpaired) electrons. The first-order chi connectivity index (χ1) is 14.0. The summed E-state index contributed by atoms with van der Waals surface area (Å²) >= 11 is 0. The highest BCUT2D eigenvalue weighted by atomic mass is 16.5. The Hall–Kier alpha value is -3.74. The van der Waals surface area contributed by atoms with E-state index in [1.165, 1.54) is 11.8 Å². The average molecular weight is 390 g/mol. The second-order valence-corrected chi connectivity index (χ2v) is 6.36. The van der Waals surface area contributed by atoms with Crippen LogP contribution < -0.4 is 10.6 Å². The van der Waals surface area contributed by atoms with E-state index < -0.39 is 5.97 Å². The van der Waals surface area contributed by atoms with Crippen LogP contribution in [0.2, 0.25) is 0 Å². The molecule has 2 aromatic carbocycles. The number of carbonyl (C=O) groups excluding carboxylic acids is 2. The van der Waals surface area contributed by atoms with E-state index in [1.807, 2.05) is 25.1 Å². The van der Waals surface area contributed by atoms with E-state index in [0.717, 1.165) is 5.56 Å². The van der Waals surface area contributed by atoms with Crippen LogP contribution in [-0.4, -0.2) is 28.5 Å². The summed E-state index contributed by atoms with van der Waals surface area (Å²) in [6.07, 6.45) is 1.53. The van der Waals surface area contributed by atoms with E-state index in [4.69, 9.17) is 4.74 Å². The third-order valence-electron chi connectivity index (χ3n) is 4.08. The molecule has 1 amide bonds. The second kappa shape index (κ2) is 9.45. The monoisotopic (exact) mass is 390 g/mol. The topological polar surface area (TPSA) is 93.2 Å². The van der Waals surface area contributed by atoms with Crippen molar-refractivity contribution in [1.29, 1.82) is 0 Å². The van der Waals surface area contributed by atoms with Crippen molar-refractivity contribution in [2.24, 2.45) is 0 Å². The van der Waals surface area contributed by atoms with Gasteiger partial charge in [-0.1, -0.05) is 29.8 Å². The molecule has 0 fully saturated rings. The van der Waals surface area contributed by atoms with Gasteiger partial charge in [0.15, 0.2) is 0 Å². The zero-order valence-corrected chi connectivity index (χ0v) is 16.3. The summed E-state index contributed by atoms with van der Waals surface area (Å²) in [5.74, 6) is -0.391. The van der Waals surface area contributed by atoms with Gasteiger partial charge in [0.05, 0.1) is 12.2 Å². The van der Waals surface area contributed by atoms with Gasteiger partial charge in [-0.3, -0.25) is 4.79 Å².